The van der Waals surface area contributed by atoms with Crippen molar-refractivity contribution in [1.82, 2.24) is 5.32 Å². The Hall–Kier alpha value is -0.560. The molecule has 0 rings (SSSR count). The van der Waals surface area contributed by atoms with Gasteiger partial charge in [0.1, 0.15) is 0 Å². The zero-order valence-corrected chi connectivity index (χ0v) is 8.07. The number of hydrogen-bond acceptors (Lipinski definition) is 1. The molecule has 11 heavy (non-hydrogen) atoms. The number of nitrogens with one attached hydrogen (secondary N) is 1. The van der Waals surface area contributed by atoms with E-state index in [9.17, 15) is 0 Å². The van der Waals surface area contributed by atoms with E-state index < -0.39 is 0 Å². The average molecular weight is 153 g/mol. The maximum absolute atomic E-state index is 3.93. The van der Waals surface area contributed by atoms with Crippen molar-refractivity contribution in [2.75, 3.05) is 7.05 Å². The summed E-state index contributed by atoms with van der Waals surface area (Å²) in [5, 5.41) is 3.25. The molecule has 0 radical (unpaired) electrons. The minimum atomic E-state index is 0.102. The van der Waals surface area contributed by atoms with Crippen LogP contribution >= 0.6 is 0 Å². The van der Waals surface area contributed by atoms with E-state index in [1.54, 1.807) is 0 Å². The van der Waals surface area contributed by atoms with Gasteiger partial charge in [-0.1, -0.05) is 31.7 Å². The van der Waals surface area contributed by atoms with Crippen molar-refractivity contribution in [3.05, 3.63) is 24.8 Å². The fraction of sp³-hybridized carbons (Fsp3) is 0.600. The normalized spacial score (nSPS) is 14.2. The number of rotatable bonds is 4. The maximum Gasteiger partial charge on any atom is 0.0187 e. The largest absolute Gasteiger partial charge is 0.314 e. The Labute approximate surface area is 70.2 Å². The molecule has 0 aromatic rings. The summed E-state index contributed by atoms with van der Waals surface area (Å²) in [5.74, 6) is 0.421. The highest BCUT2D eigenvalue weighted by atomic mass is 14.9. The van der Waals surface area contributed by atoms with Crippen molar-refractivity contribution >= 4 is 0 Å². The average Bonchev–Trinajstić information content (AvgIpc) is 2.01. The van der Waals surface area contributed by atoms with E-state index in [0.717, 1.165) is 5.57 Å². The molecule has 0 fully saturated rings. The molecule has 0 heterocycles. The Balaban J connectivity index is 4.33. The van der Waals surface area contributed by atoms with Gasteiger partial charge in [0.2, 0.25) is 0 Å². The first kappa shape index (κ1) is 10.4. The zero-order valence-electron chi connectivity index (χ0n) is 8.07. The van der Waals surface area contributed by atoms with Crippen LogP contribution in [0.5, 0.6) is 0 Å². The lowest BCUT2D eigenvalue weighted by Crippen LogP contribution is -2.43. The lowest BCUT2D eigenvalue weighted by Gasteiger charge is -2.32. The van der Waals surface area contributed by atoms with Crippen LogP contribution in [0.15, 0.2) is 24.8 Å². The smallest absolute Gasteiger partial charge is 0.0187 e. The summed E-state index contributed by atoms with van der Waals surface area (Å²) in [5.41, 5.74) is 1.19. The molecule has 0 saturated carbocycles. The molecule has 0 aliphatic carbocycles. The van der Waals surface area contributed by atoms with Gasteiger partial charge in [-0.3, -0.25) is 0 Å². The highest BCUT2D eigenvalue weighted by Crippen LogP contribution is 2.22. The van der Waals surface area contributed by atoms with Crippen LogP contribution in [-0.4, -0.2) is 12.6 Å². The predicted octanol–water partition coefficient (Wildman–Crippen LogP) is 2.36. The van der Waals surface area contributed by atoms with Crippen LogP contribution in [0.2, 0.25) is 0 Å². The molecular formula is C10H19N. The molecule has 0 aliphatic heterocycles. The fourth-order valence-electron chi connectivity index (χ4n) is 0.857. The molecule has 1 unspecified atom stereocenters. The number of hydrogen-bond donors (Lipinski definition) is 1. The van der Waals surface area contributed by atoms with Crippen molar-refractivity contribution in [2.45, 2.75) is 26.3 Å². The van der Waals surface area contributed by atoms with Gasteiger partial charge >= 0.3 is 0 Å². The third kappa shape index (κ3) is 2.51. The minimum absolute atomic E-state index is 0.102. The molecule has 64 valence electrons. The van der Waals surface area contributed by atoms with E-state index >= 15 is 0 Å². The predicted molar refractivity (Wildman–Crippen MR) is 51.6 cm³/mol. The van der Waals surface area contributed by atoms with E-state index in [4.69, 9.17) is 0 Å². The molecule has 0 saturated heterocycles. The lowest BCUT2D eigenvalue weighted by molar-refractivity contribution is 0.330. The molecule has 1 heteroatoms. The third-order valence-electron chi connectivity index (χ3n) is 2.55. The summed E-state index contributed by atoms with van der Waals surface area (Å²) in [4.78, 5) is 0. The van der Waals surface area contributed by atoms with Gasteiger partial charge in [0.15, 0.2) is 0 Å². The summed E-state index contributed by atoms with van der Waals surface area (Å²) in [6.45, 7) is 14.1. The van der Waals surface area contributed by atoms with Crippen LogP contribution < -0.4 is 5.32 Å². The highest BCUT2D eigenvalue weighted by molar-refractivity contribution is 5.18. The summed E-state index contributed by atoms with van der Waals surface area (Å²) in [6.07, 6.45) is 1.82. The molecule has 0 aromatic heterocycles. The second-order valence-corrected chi connectivity index (χ2v) is 3.47. The van der Waals surface area contributed by atoms with E-state index in [1.165, 1.54) is 0 Å². The van der Waals surface area contributed by atoms with E-state index in [0.29, 0.717) is 5.92 Å². The van der Waals surface area contributed by atoms with Crippen LogP contribution in [-0.2, 0) is 0 Å². The fourth-order valence-corrected chi connectivity index (χ4v) is 0.857. The molecule has 1 N–H and O–H groups in total. The standard InChI is InChI=1S/C10H19N/c1-7-8(2)9(3)10(4,5)11-6/h7,9,11H,1-2H2,3-6H3. The second kappa shape index (κ2) is 3.72. The van der Waals surface area contributed by atoms with Crippen molar-refractivity contribution in [3.63, 3.8) is 0 Å². The monoisotopic (exact) mass is 153 g/mol. The van der Waals surface area contributed by atoms with Gasteiger partial charge in [-0.2, -0.15) is 0 Å². The Morgan fingerprint density at radius 2 is 2.00 bits per heavy atom. The lowest BCUT2D eigenvalue weighted by atomic mass is 9.84. The van der Waals surface area contributed by atoms with E-state index in [2.05, 4.69) is 39.2 Å². The molecule has 0 aliphatic rings. The SMILES string of the molecule is C=CC(=C)C(C)C(C)(C)NC. The van der Waals surface area contributed by atoms with Crippen LogP contribution in [0.25, 0.3) is 0 Å². The van der Waals surface area contributed by atoms with Gasteiger partial charge < -0.3 is 5.32 Å². The Kier molecular flexibility index (Phi) is 3.53. The van der Waals surface area contributed by atoms with Crippen LogP contribution in [0.3, 0.4) is 0 Å². The first-order chi connectivity index (χ1) is 4.95. The summed E-state index contributed by atoms with van der Waals surface area (Å²) in [6, 6.07) is 0. The topological polar surface area (TPSA) is 12.0 Å². The first-order valence-corrected chi connectivity index (χ1v) is 3.96. The molecule has 1 nitrogen and oxygen atoms in total. The number of allylic oxidation sites excluding steroid dienone is 1. The van der Waals surface area contributed by atoms with Gasteiger partial charge in [-0.15, -0.1) is 0 Å². The Bertz CT molecular complexity index is 156. The van der Waals surface area contributed by atoms with Crippen LogP contribution in [0, 0.1) is 5.92 Å². The maximum atomic E-state index is 3.93. The van der Waals surface area contributed by atoms with Gasteiger partial charge in [0.25, 0.3) is 0 Å². The summed E-state index contributed by atoms with van der Waals surface area (Å²) >= 11 is 0. The van der Waals surface area contributed by atoms with Crippen molar-refractivity contribution in [2.24, 2.45) is 5.92 Å². The van der Waals surface area contributed by atoms with Gasteiger partial charge in [-0.05, 0) is 26.8 Å². The highest BCUT2D eigenvalue weighted by Gasteiger charge is 2.24. The molecule has 0 aromatic carbocycles. The first-order valence-electron chi connectivity index (χ1n) is 3.96. The molecule has 0 amide bonds. The molecule has 0 spiro atoms. The van der Waals surface area contributed by atoms with E-state index in [-0.39, 0.29) is 5.54 Å². The Morgan fingerprint density at radius 3 is 2.27 bits per heavy atom. The van der Waals surface area contributed by atoms with Crippen molar-refractivity contribution in [3.8, 4) is 0 Å². The second-order valence-electron chi connectivity index (χ2n) is 3.47. The van der Waals surface area contributed by atoms with Crippen LogP contribution in [0.1, 0.15) is 20.8 Å². The third-order valence-corrected chi connectivity index (χ3v) is 2.55. The molecule has 1 atom stereocenters. The molecular weight excluding hydrogens is 134 g/mol. The zero-order chi connectivity index (χ0) is 9.07. The van der Waals surface area contributed by atoms with Gasteiger partial charge in [-0.25, -0.2) is 0 Å². The van der Waals surface area contributed by atoms with Gasteiger partial charge in [0, 0.05) is 5.54 Å². The van der Waals surface area contributed by atoms with Crippen molar-refractivity contribution in [1.29, 1.82) is 0 Å². The molecule has 0 bridgehead atoms. The summed E-state index contributed by atoms with van der Waals surface area (Å²) in [7, 11) is 1.97. The Morgan fingerprint density at radius 1 is 1.55 bits per heavy atom. The minimum Gasteiger partial charge on any atom is -0.314 e. The quantitative estimate of drug-likeness (QED) is 0.611. The van der Waals surface area contributed by atoms with Crippen LogP contribution in [0.4, 0.5) is 0 Å². The summed E-state index contributed by atoms with van der Waals surface area (Å²) < 4.78 is 0. The van der Waals surface area contributed by atoms with Gasteiger partial charge in [0.05, 0.1) is 0 Å². The van der Waals surface area contributed by atoms with Crippen molar-refractivity contribution < 1.29 is 0 Å². The van der Waals surface area contributed by atoms with E-state index in [1.807, 2.05) is 13.1 Å².